The minimum absolute atomic E-state index is 1.11. The molecule has 2 heterocycles. The Morgan fingerprint density at radius 3 is 2.90 bits per heavy atom. The van der Waals surface area contributed by atoms with Gasteiger partial charge in [-0.05, 0) is 12.8 Å². The van der Waals surface area contributed by atoms with Crippen LogP contribution >= 0.6 is 0 Å². The number of anilines is 1. The zero-order valence-corrected chi connectivity index (χ0v) is 5.80. The largest absolute Gasteiger partial charge is 0.368 e. The summed E-state index contributed by atoms with van der Waals surface area (Å²) in [5.74, 6) is 0. The van der Waals surface area contributed by atoms with Crippen molar-refractivity contribution in [2.75, 3.05) is 18.0 Å². The zero-order valence-electron chi connectivity index (χ0n) is 5.80. The third-order valence-electron chi connectivity index (χ3n) is 1.88. The number of nitrogens with one attached hydrogen (secondary N) is 1. The highest BCUT2D eigenvalue weighted by Gasteiger charge is 2.12. The van der Waals surface area contributed by atoms with Crippen LogP contribution in [0.15, 0.2) is 6.20 Å². The Balaban J connectivity index is 2.12. The first-order chi connectivity index (χ1) is 4.97. The van der Waals surface area contributed by atoms with E-state index < -0.39 is 0 Å². The van der Waals surface area contributed by atoms with Gasteiger partial charge in [-0.1, -0.05) is 0 Å². The fourth-order valence-corrected chi connectivity index (χ4v) is 1.34. The molecule has 3 heteroatoms. The molecule has 0 amide bonds. The van der Waals surface area contributed by atoms with Gasteiger partial charge in [0.15, 0.2) is 0 Å². The van der Waals surface area contributed by atoms with Crippen molar-refractivity contribution in [1.82, 2.24) is 10.2 Å². The first-order valence-corrected chi connectivity index (χ1v) is 3.63. The molecule has 1 radical (unpaired) electrons. The van der Waals surface area contributed by atoms with E-state index in [1.165, 1.54) is 12.8 Å². The summed E-state index contributed by atoms with van der Waals surface area (Å²) in [5, 5.41) is 6.53. The van der Waals surface area contributed by atoms with Crippen molar-refractivity contribution >= 4 is 5.69 Å². The minimum atomic E-state index is 1.11. The molecule has 53 valence electrons. The monoisotopic (exact) mass is 136 g/mol. The number of H-pyrrole nitrogens is 1. The first kappa shape index (κ1) is 5.77. The van der Waals surface area contributed by atoms with Gasteiger partial charge < -0.3 is 4.90 Å². The van der Waals surface area contributed by atoms with Crippen LogP contribution in [0.3, 0.4) is 0 Å². The SMILES string of the molecule is [c]1n[nH]cc1N1CCCC1. The smallest absolute Gasteiger partial charge is 0.138 e. The fraction of sp³-hybridized carbons (Fsp3) is 0.571. The molecule has 0 bridgehead atoms. The number of nitrogens with zero attached hydrogens (tertiary/aromatic N) is 2. The van der Waals surface area contributed by atoms with E-state index in [2.05, 4.69) is 21.3 Å². The maximum absolute atomic E-state index is 3.78. The highest BCUT2D eigenvalue weighted by atomic mass is 15.2. The normalized spacial score (nSPS) is 18.2. The lowest BCUT2D eigenvalue weighted by molar-refractivity contribution is 0.949. The van der Waals surface area contributed by atoms with Crippen LogP contribution in [0.25, 0.3) is 0 Å². The molecular formula is C7H10N3. The average molecular weight is 136 g/mol. The summed E-state index contributed by atoms with van der Waals surface area (Å²) in [6.07, 6.45) is 7.40. The summed E-state index contributed by atoms with van der Waals surface area (Å²) in [6, 6.07) is 0. The van der Waals surface area contributed by atoms with Crippen LogP contribution in [0.4, 0.5) is 5.69 Å². The van der Waals surface area contributed by atoms with Gasteiger partial charge >= 0.3 is 0 Å². The Morgan fingerprint density at radius 2 is 2.30 bits per heavy atom. The van der Waals surface area contributed by atoms with Crippen LogP contribution in [0, 0.1) is 6.20 Å². The minimum Gasteiger partial charge on any atom is -0.368 e. The Morgan fingerprint density at radius 1 is 1.50 bits per heavy atom. The Kier molecular flexibility index (Phi) is 1.34. The maximum atomic E-state index is 3.78. The van der Waals surface area contributed by atoms with E-state index in [0.29, 0.717) is 0 Å². The zero-order chi connectivity index (χ0) is 6.81. The summed E-state index contributed by atoms with van der Waals surface area (Å²) in [4.78, 5) is 2.30. The van der Waals surface area contributed by atoms with E-state index in [1.54, 1.807) is 0 Å². The molecule has 10 heavy (non-hydrogen) atoms. The number of hydrogen-bond donors (Lipinski definition) is 1. The predicted molar refractivity (Wildman–Crippen MR) is 38.9 cm³/mol. The average Bonchev–Trinajstić information content (AvgIpc) is 2.59. The Labute approximate surface area is 60.0 Å². The number of aromatic amines is 1. The fourth-order valence-electron chi connectivity index (χ4n) is 1.34. The van der Waals surface area contributed by atoms with E-state index >= 15 is 0 Å². The van der Waals surface area contributed by atoms with E-state index in [-0.39, 0.29) is 0 Å². The second-order valence-electron chi connectivity index (χ2n) is 2.58. The van der Waals surface area contributed by atoms with Crippen molar-refractivity contribution in [1.29, 1.82) is 0 Å². The second kappa shape index (κ2) is 2.33. The van der Waals surface area contributed by atoms with Crippen molar-refractivity contribution in [3.63, 3.8) is 0 Å². The lowest BCUT2D eigenvalue weighted by Gasteiger charge is -2.12. The molecule has 2 rings (SSSR count). The van der Waals surface area contributed by atoms with Gasteiger partial charge in [-0.25, -0.2) is 0 Å². The van der Waals surface area contributed by atoms with Crippen LogP contribution in [0.1, 0.15) is 12.8 Å². The van der Waals surface area contributed by atoms with Crippen molar-refractivity contribution in [2.24, 2.45) is 0 Å². The molecule has 0 aromatic carbocycles. The topological polar surface area (TPSA) is 31.9 Å². The number of hydrogen-bond acceptors (Lipinski definition) is 2. The lowest BCUT2D eigenvalue weighted by atomic mass is 10.4. The van der Waals surface area contributed by atoms with Gasteiger partial charge in [0.25, 0.3) is 0 Å². The molecule has 1 saturated heterocycles. The molecule has 1 fully saturated rings. The summed E-state index contributed by atoms with van der Waals surface area (Å²) in [7, 11) is 0. The third kappa shape index (κ3) is 0.875. The Bertz CT molecular complexity index is 187. The number of aromatic nitrogens is 2. The van der Waals surface area contributed by atoms with Crippen LogP contribution in [-0.2, 0) is 0 Å². The van der Waals surface area contributed by atoms with Crippen molar-refractivity contribution in [3.8, 4) is 0 Å². The van der Waals surface area contributed by atoms with Gasteiger partial charge in [0, 0.05) is 19.3 Å². The van der Waals surface area contributed by atoms with Gasteiger partial charge in [-0.3, -0.25) is 5.10 Å². The molecule has 1 aliphatic heterocycles. The van der Waals surface area contributed by atoms with Crippen LogP contribution in [0.5, 0.6) is 0 Å². The molecule has 3 nitrogen and oxygen atoms in total. The predicted octanol–water partition coefficient (Wildman–Crippen LogP) is 0.810. The van der Waals surface area contributed by atoms with Crippen LogP contribution in [0.2, 0.25) is 0 Å². The van der Waals surface area contributed by atoms with Crippen molar-refractivity contribution in [3.05, 3.63) is 12.4 Å². The lowest BCUT2D eigenvalue weighted by Crippen LogP contribution is -2.16. The molecule has 0 aliphatic carbocycles. The molecule has 1 aromatic heterocycles. The molecule has 0 saturated carbocycles. The van der Waals surface area contributed by atoms with Crippen LogP contribution < -0.4 is 4.90 Å². The summed E-state index contributed by atoms with van der Waals surface area (Å²) in [5.41, 5.74) is 1.11. The molecule has 1 aromatic rings. The van der Waals surface area contributed by atoms with E-state index in [0.717, 1.165) is 18.8 Å². The van der Waals surface area contributed by atoms with Crippen molar-refractivity contribution < 1.29 is 0 Å². The molecular weight excluding hydrogens is 126 g/mol. The standard InChI is InChI=1S/C7H10N3/c1-2-4-10(3-1)7-5-8-9-6-7/h5H,1-4H2,(H,8,9). The molecule has 1 aliphatic rings. The summed E-state index contributed by atoms with van der Waals surface area (Å²) >= 11 is 0. The molecule has 0 spiro atoms. The van der Waals surface area contributed by atoms with Crippen molar-refractivity contribution in [2.45, 2.75) is 12.8 Å². The second-order valence-corrected chi connectivity index (χ2v) is 2.58. The number of rotatable bonds is 1. The van der Waals surface area contributed by atoms with Crippen LogP contribution in [-0.4, -0.2) is 23.3 Å². The Hall–Kier alpha value is -0.990. The van der Waals surface area contributed by atoms with Gasteiger partial charge in [-0.2, -0.15) is 5.10 Å². The summed E-state index contributed by atoms with van der Waals surface area (Å²) in [6.45, 7) is 2.33. The van der Waals surface area contributed by atoms with Gasteiger partial charge in [0.05, 0.1) is 5.69 Å². The highest BCUT2D eigenvalue weighted by molar-refractivity contribution is 5.41. The molecule has 0 atom stereocenters. The summed E-state index contributed by atoms with van der Waals surface area (Å²) < 4.78 is 0. The van der Waals surface area contributed by atoms with Gasteiger partial charge in [0.2, 0.25) is 0 Å². The maximum Gasteiger partial charge on any atom is 0.138 e. The van der Waals surface area contributed by atoms with Gasteiger partial charge in [0.1, 0.15) is 6.20 Å². The quantitative estimate of drug-likeness (QED) is 0.619. The molecule has 0 unspecified atom stereocenters. The van der Waals surface area contributed by atoms with E-state index in [9.17, 15) is 0 Å². The first-order valence-electron chi connectivity index (χ1n) is 3.63. The van der Waals surface area contributed by atoms with E-state index in [4.69, 9.17) is 0 Å². The highest BCUT2D eigenvalue weighted by Crippen LogP contribution is 2.16. The molecule has 1 N–H and O–H groups in total. The van der Waals surface area contributed by atoms with E-state index in [1.807, 2.05) is 6.20 Å². The van der Waals surface area contributed by atoms with Gasteiger partial charge in [-0.15, -0.1) is 0 Å². The third-order valence-corrected chi connectivity index (χ3v) is 1.88.